The Morgan fingerprint density at radius 2 is 2.00 bits per heavy atom. The zero-order valence-corrected chi connectivity index (χ0v) is 14.5. The van der Waals surface area contributed by atoms with E-state index in [0.717, 1.165) is 25.1 Å². The van der Waals surface area contributed by atoms with Crippen LogP contribution in [-0.2, 0) is 10.0 Å². The van der Waals surface area contributed by atoms with Crippen molar-refractivity contribution in [1.29, 1.82) is 0 Å². The average Bonchev–Trinajstić information content (AvgIpc) is 2.49. The molecule has 0 bridgehead atoms. The normalized spacial score (nSPS) is 22.7. The minimum Gasteiger partial charge on any atom is -0.305 e. The van der Waals surface area contributed by atoms with Gasteiger partial charge < -0.3 is 4.90 Å². The first kappa shape index (κ1) is 15.9. The summed E-state index contributed by atoms with van der Waals surface area (Å²) < 4.78 is 28.0. The summed E-state index contributed by atoms with van der Waals surface area (Å²) in [5.41, 5.74) is 1.04. The fourth-order valence-electron chi connectivity index (χ4n) is 2.65. The van der Waals surface area contributed by atoms with Crippen LogP contribution < -0.4 is 0 Å². The van der Waals surface area contributed by atoms with Gasteiger partial charge in [0.05, 0.1) is 4.90 Å². The molecule has 2 rings (SSSR count). The van der Waals surface area contributed by atoms with Gasteiger partial charge in [0, 0.05) is 23.6 Å². The van der Waals surface area contributed by atoms with Gasteiger partial charge >= 0.3 is 0 Å². The standard InChI is InChI=1S/C14H21BrN2O2S/c1-11-5-6-14(13(15)9-11)20(18,19)17-8-4-7-16(3)10-12(17)2/h5-6,9,12H,4,7-8,10H2,1-3H3. The van der Waals surface area contributed by atoms with Crippen LogP contribution in [0.4, 0.5) is 0 Å². The molecule has 1 unspecified atom stereocenters. The van der Waals surface area contributed by atoms with Gasteiger partial charge in [-0.15, -0.1) is 0 Å². The number of sulfonamides is 1. The molecule has 4 nitrogen and oxygen atoms in total. The molecule has 0 saturated carbocycles. The molecule has 112 valence electrons. The zero-order valence-electron chi connectivity index (χ0n) is 12.1. The maximum absolute atomic E-state index is 12.9. The van der Waals surface area contributed by atoms with Crippen molar-refractivity contribution in [3.05, 3.63) is 28.2 Å². The number of likely N-dealkylation sites (N-methyl/N-ethyl adjacent to an activating group) is 1. The fourth-order valence-corrected chi connectivity index (χ4v) is 5.46. The molecular formula is C14H21BrN2O2S. The Morgan fingerprint density at radius 1 is 1.30 bits per heavy atom. The molecule has 0 radical (unpaired) electrons. The summed E-state index contributed by atoms with van der Waals surface area (Å²) in [5.74, 6) is 0. The van der Waals surface area contributed by atoms with Gasteiger partial charge in [-0.3, -0.25) is 0 Å². The second-order valence-electron chi connectivity index (χ2n) is 5.51. The van der Waals surface area contributed by atoms with E-state index in [2.05, 4.69) is 20.8 Å². The van der Waals surface area contributed by atoms with Crippen LogP contribution in [0.25, 0.3) is 0 Å². The number of hydrogen-bond acceptors (Lipinski definition) is 3. The van der Waals surface area contributed by atoms with Gasteiger partial charge in [0.15, 0.2) is 0 Å². The minimum absolute atomic E-state index is 0.0132. The van der Waals surface area contributed by atoms with Crippen LogP contribution in [0.2, 0.25) is 0 Å². The molecule has 1 aliphatic rings. The van der Waals surface area contributed by atoms with E-state index in [-0.39, 0.29) is 6.04 Å². The Morgan fingerprint density at radius 3 is 2.65 bits per heavy atom. The van der Waals surface area contributed by atoms with Gasteiger partial charge in [0.25, 0.3) is 0 Å². The summed E-state index contributed by atoms with van der Waals surface area (Å²) in [6, 6.07) is 5.37. The summed E-state index contributed by atoms with van der Waals surface area (Å²) in [4.78, 5) is 2.55. The summed E-state index contributed by atoms with van der Waals surface area (Å²) in [5, 5.41) is 0. The number of nitrogens with zero attached hydrogens (tertiary/aromatic N) is 2. The topological polar surface area (TPSA) is 40.6 Å². The minimum atomic E-state index is -3.45. The van der Waals surface area contributed by atoms with Crippen molar-refractivity contribution in [2.45, 2.75) is 31.2 Å². The third-order valence-corrected chi connectivity index (χ3v) is 6.65. The molecule has 0 aliphatic carbocycles. The Balaban J connectivity index is 2.38. The first-order valence-electron chi connectivity index (χ1n) is 6.79. The Kier molecular flexibility index (Phi) is 4.89. The van der Waals surface area contributed by atoms with E-state index in [1.165, 1.54) is 0 Å². The van der Waals surface area contributed by atoms with E-state index >= 15 is 0 Å². The molecule has 0 spiro atoms. The van der Waals surface area contributed by atoms with Crippen LogP contribution in [0, 0.1) is 6.92 Å². The van der Waals surface area contributed by atoms with Crippen molar-refractivity contribution in [2.75, 3.05) is 26.7 Å². The molecule has 1 fully saturated rings. The van der Waals surface area contributed by atoms with E-state index in [9.17, 15) is 8.42 Å². The molecule has 1 aromatic rings. The highest BCUT2D eigenvalue weighted by atomic mass is 79.9. The Labute approximate surface area is 129 Å². The van der Waals surface area contributed by atoms with Gasteiger partial charge in [0.2, 0.25) is 10.0 Å². The van der Waals surface area contributed by atoms with Crippen molar-refractivity contribution in [2.24, 2.45) is 0 Å². The molecule has 0 N–H and O–H groups in total. The third kappa shape index (κ3) is 3.24. The predicted octanol–water partition coefficient (Wildman–Crippen LogP) is 2.47. The van der Waals surface area contributed by atoms with Crippen LogP contribution in [-0.4, -0.2) is 50.3 Å². The molecule has 0 amide bonds. The molecule has 20 heavy (non-hydrogen) atoms. The molecule has 1 atom stereocenters. The lowest BCUT2D eigenvalue weighted by Gasteiger charge is -2.27. The summed E-state index contributed by atoms with van der Waals surface area (Å²) in [7, 11) is -1.41. The SMILES string of the molecule is Cc1ccc(S(=O)(=O)N2CCCN(C)CC2C)c(Br)c1. The van der Waals surface area contributed by atoms with Crippen LogP contribution >= 0.6 is 15.9 Å². The number of halogens is 1. The molecule has 1 heterocycles. The lowest BCUT2D eigenvalue weighted by atomic mass is 10.2. The first-order chi connectivity index (χ1) is 9.32. The van der Waals surface area contributed by atoms with Gasteiger partial charge in [-0.25, -0.2) is 8.42 Å². The molecule has 0 aromatic heterocycles. The monoisotopic (exact) mass is 360 g/mol. The van der Waals surface area contributed by atoms with Crippen LogP contribution in [0.3, 0.4) is 0 Å². The maximum Gasteiger partial charge on any atom is 0.244 e. The smallest absolute Gasteiger partial charge is 0.244 e. The molecule has 1 saturated heterocycles. The summed E-state index contributed by atoms with van der Waals surface area (Å²) in [6.07, 6.45) is 0.865. The van der Waals surface area contributed by atoms with Crippen molar-refractivity contribution in [1.82, 2.24) is 9.21 Å². The predicted molar refractivity (Wildman–Crippen MR) is 84.3 cm³/mol. The van der Waals surface area contributed by atoms with E-state index in [4.69, 9.17) is 0 Å². The number of benzene rings is 1. The van der Waals surface area contributed by atoms with Crippen molar-refractivity contribution >= 4 is 26.0 Å². The molecule has 6 heteroatoms. The third-order valence-electron chi connectivity index (χ3n) is 3.66. The highest BCUT2D eigenvalue weighted by Crippen LogP contribution is 2.28. The number of aryl methyl sites for hydroxylation is 1. The summed E-state index contributed by atoms with van der Waals surface area (Å²) in [6.45, 7) is 6.20. The van der Waals surface area contributed by atoms with E-state index in [0.29, 0.717) is 15.9 Å². The van der Waals surface area contributed by atoms with Crippen molar-refractivity contribution in [3.8, 4) is 0 Å². The van der Waals surface area contributed by atoms with E-state index in [1.54, 1.807) is 10.4 Å². The lowest BCUT2D eigenvalue weighted by molar-refractivity contribution is 0.290. The summed E-state index contributed by atoms with van der Waals surface area (Å²) >= 11 is 3.38. The highest BCUT2D eigenvalue weighted by molar-refractivity contribution is 9.10. The van der Waals surface area contributed by atoms with E-state index in [1.807, 2.05) is 33.0 Å². The molecule has 1 aliphatic heterocycles. The largest absolute Gasteiger partial charge is 0.305 e. The van der Waals surface area contributed by atoms with Crippen molar-refractivity contribution in [3.63, 3.8) is 0 Å². The lowest BCUT2D eigenvalue weighted by Crippen LogP contribution is -2.42. The fraction of sp³-hybridized carbons (Fsp3) is 0.571. The quantitative estimate of drug-likeness (QED) is 0.813. The van der Waals surface area contributed by atoms with E-state index < -0.39 is 10.0 Å². The highest BCUT2D eigenvalue weighted by Gasteiger charge is 2.32. The average molecular weight is 361 g/mol. The van der Waals surface area contributed by atoms with Crippen LogP contribution in [0.1, 0.15) is 18.9 Å². The van der Waals surface area contributed by atoms with Gasteiger partial charge in [-0.2, -0.15) is 4.31 Å². The zero-order chi connectivity index (χ0) is 14.9. The van der Waals surface area contributed by atoms with Gasteiger partial charge in [-0.1, -0.05) is 6.07 Å². The second kappa shape index (κ2) is 6.13. The number of rotatable bonds is 2. The Bertz CT molecular complexity index is 589. The van der Waals surface area contributed by atoms with Crippen molar-refractivity contribution < 1.29 is 8.42 Å². The van der Waals surface area contributed by atoms with Crippen LogP contribution in [0.15, 0.2) is 27.6 Å². The maximum atomic E-state index is 12.9. The van der Waals surface area contributed by atoms with Crippen LogP contribution in [0.5, 0.6) is 0 Å². The Hall–Kier alpha value is -0.430. The van der Waals surface area contributed by atoms with Gasteiger partial charge in [-0.05, 0) is 67.5 Å². The second-order valence-corrected chi connectivity index (χ2v) is 8.23. The molecular weight excluding hydrogens is 340 g/mol. The van der Waals surface area contributed by atoms with Gasteiger partial charge in [0.1, 0.15) is 0 Å². The first-order valence-corrected chi connectivity index (χ1v) is 9.02. The molecule has 1 aromatic carbocycles. The number of hydrogen-bond donors (Lipinski definition) is 0.